The van der Waals surface area contributed by atoms with E-state index in [4.69, 9.17) is 4.74 Å². The quantitative estimate of drug-likeness (QED) is 0.773. The highest BCUT2D eigenvalue weighted by molar-refractivity contribution is 5.32. The molecule has 4 heteroatoms. The monoisotopic (exact) mass is 211 g/mol. The maximum Gasteiger partial charge on any atom is 0.165 e. The van der Waals surface area contributed by atoms with Gasteiger partial charge in [-0.15, -0.1) is 0 Å². The fourth-order valence-corrected chi connectivity index (χ4v) is 1.91. The van der Waals surface area contributed by atoms with Crippen molar-refractivity contribution in [2.24, 2.45) is 0 Å². The molecule has 0 radical (unpaired) electrons. The van der Waals surface area contributed by atoms with Crippen LogP contribution in [0.5, 0.6) is 5.75 Å². The molecule has 0 amide bonds. The van der Waals surface area contributed by atoms with Gasteiger partial charge in [0, 0.05) is 0 Å². The van der Waals surface area contributed by atoms with Crippen molar-refractivity contribution in [3.05, 3.63) is 29.6 Å². The van der Waals surface area contributed by atoms with Crippen molar-refractivity contribution in [2.75, 3.05) is 13.7 Å². The van der Waals surface area contributed by atoms with Gasteiger partial charge in [0.25, 0.3) is 0 Å². The van der Waals surface area contributed by atoms with E-state index in [2.05, 4.69) is 5.32 Å². The van der Waals surface area contributed by atoms with Crippen LogP contribution >= 0.6 is 0 Å². The number of ether oxygens (including phenoxy) is 1. The summed E-state index contributed by atoms with van der Waals surface area (Å²) in [7, 11) is 1.43. The first kappa shape index (κ1) is 10.4. The zero-order valence-electron chi connectivity index (χ0n) is 8.53. The van der Waals surface area contributed by atoms with Crippen molar-refractivity contribution in [3.8, 4) is 5.75 Å². The molecule has 2 unspecified atom stereocenters. The summed E-state index contributed by atoms with van der Waals surface area (Å²) in [6.07, 6.45) is 0.274. The van der Waals surface area contributed by atoms with Gasteiger partial charge in [-0.1, -0.05) is 6.07 Å². The van der Waals surface area contributed by atoms with Crippen molar-refractivity contribution in [1.29, 1.82) is 0 Å². The van der Waals surface area contributed by atoms with Crippen LogP contribution in [0.1, 0.15) is 18.0 Å². The molecule has 1 aliphatic heterocycles. The molecule has 0 bridgehead atoms. The van der Waals surface area contributed by atoms with E-state index >= 15 is 0 Å². The zero-order valence-corrected chi connectivity index (χ0v) is 8.53. The summed E-state index contributed by atoms with van der Waals surface area (Å²) in [4.78, 5) is 0. The van der Waals surface area contributed by atoms with Crippen molar-refractivity contribution >= 4 is 0 Å². The lowest BCUT2D eigenvalue weighted by molar-refractivity contribution is 0.160. The molecule has 1 aromatic rings. The molecular formula is C11H14FNO2. The fraction of sp³-hybridized carbons (Fsp3) is 0.455. The molecule has 1 heterocycles. The Balaban J connectivity index is 2.25. The topological polar surface area (TPSA) is 41.5 Å². The van der Waals surface area contributed by atoms with Gasteiger partial charge in [-0.05, 0) is 30.7 Å². The van der Waals surface area contributed by atoms with Crippen LogP contribution in [-0.4, -0.2) is 24.9 Å². The highest BCUT2D eigenvalue weighted by Crippen LogP contribution is 2.27. The molecule has 1 aliphatic rings. The number of aliphatic hydroxyl groups excluding tert-OH is 1. The third kappa shape index (κ3) is 1.96. The first-order valence-electron chi connectivity index (χ1n) is 4.97. The van der Waals surface area contributed by atoms with Crippen LogP contribution < -0.4 is 10.1 Å². The average molecular weight is 211 g/mol. The van der Waals surface area contributed by atoms with Crippen molar-refractivity contribution in [2.45, 2.75) is 18.6 Å². The number of rotatable bonds is 2. The molecule has 0 aromatic heterocycles. The van der Waals surface area contributed by atoms with Gasteiger partial charge in [0.2, 0.25) is 0 Å². The van der Waals surface area contributed by atoms with E-state index in [1.54, 1.807) is 12.1 Å². The van der Waals surface area contributed by atoms with Crippen molar-refractivity contribution in [1.82, 2.24) is 5.32 Å². The first-order valence-corrected chi connectivity index (χ1v) is 4.97. The minimum absolute atomic E-state index is 0.162. The molecule has 1 aromatic carbocycles. The van der Waals surface area contributed by atoms with Gasteiger partial charge in [-0.2, -0.15) is 0 Å². The number of nitrogens with one attached hydrogen (secondary N) is 1. The van der Waals surface area contributed by atoms with Crippen LogP contribution in [0, 0.1) is 5.82 Å². The Hall–Kier alpha value is -1.13. The summed E-state index contributed by atoms with van der Waals surface area (Å²) in [5, 5.41) is 12.8. The second-order valence-corrected chi connectivity index (χ2v) is 3.68. The maximum atomic E-state index is 13.4. The summed E-state index contributed by atoms with van der Waals surface area (Å²) in [6, 6.07) is 4.60. The molecule has 2 N–H and O–H groups in total. The Morgan fingerprint density at radius 2 is 2.33 bits per heavy atom. The van der Waals surface area contributed by atoms with Crippen LogP contribution in [0.4, 0.5) is 4.39 Å². The van der Waals surface area contributed by atoms with E-state index in [0.717, 1.165) is 12.1 Å². The Labute approximate surface area is 87.9 Å². The number of hydrogen-bond donors (Lipinski definition) is 2. The predicted molar refractivity (Wildman–Crippen MR) is 54.3 cm³/mol. The van der Waals surface area contributed by atoms with Crippen LogP contribution in [0.25, 0.3) is 0 Å². The highest BCUT2D eigenvalue weighted by Gasteiger charge is 2.26. The molecule has 1 saturated heterocycles. The van der Waals surface area contributed by atoms with Gasteiger partial charge in [0.1, 0.15) is 0 Å². The predicted octanol–water partition coefficient (Wildman–Crippen LogP) is 1.23. The number of halogens is 1. The Morgan fingerprint density at radius 1 is 1.53 bits per heavy atom. The summed E-state index contributed by atoms with van der Waals surface area (Å²) in [6.45, 7) is 0.763. The average Bonchev–Trinajstić information content (AvgIpc) is 2.64. The Kier molecular flexibility index (Phi) is 2.88. The SMILES string of the molecule is COc1ccc(C2NCCC2O)cc1F. The van der Waals surface area contributed by atoms with E-state index < -0.39 is 11.9 Å². The summed E-state index contributed by atoms with van der Waals surface area (Å²) in [5.74, 6) is -0.165. The van der Waals surface area contributed by atoms with E-state index in [-0.39, 0.29) is 11.8 Å². The standard InChI is InChI=1S/C11H14FNO2/c1-15-10-3-2-7(6-8(10)12)11-9(14)4-5-13-11/h2-3,6,9,11,13-14H,4-5H2,1H3. The largest absolute Gasteiger partial charge is 0.494 e. The lowest BCUT2D eigenvalue weighted by Gasteiger charge is -2.15. The lowest BCUT2D eigenvalue weighted by Crippen LogP contribution is -2.20. The maximum absolute atomic E-state index is 13.4. The Bertz CT molecular complexity index is 356. The normalized spacial score (nSPS) is 25.5. The molecule has 0 aliphatic carbocycles. The molecule has 2 atom stereocenters. The van der Waals surface area contributed by atoms with Gasteiger partial charge in [-0.25, -0.2) is 4.39 Å². The summed E-state index contributed by atoms with van der Waals surface area (Å²) in [5.41, 5.74) is 0.762. The fourth-order valence-electron chi connectivity index (χ4n) is 1.91. The van der Waals surface area contributed by atoms with E-state index in [0.29, 0.717) is 6.42 Å². The third-order valence-electron chi connectivity index (χ3n) is 2.72. The summed E-state index contributed by atoms with van der Waals surface area (Å²) >= 11 is 0. The van der Waals surface area contributed by atoms with Crippen LogP contribution in [-0.2, 0) is 0 Å². The number of methoxy groups -OCH3 is 1. The number of aliphatic hydroxyl groups is 1. The van der Waals surface area contributed by atoms with E-state index in [9.17, 15) is 9.50 Å². The smallest absolute Gasteiger partial charge is 0.165 e. The summed E-state index contributed by atoms with van der Waals surface area (Å²) < 4.78 is 18.2. The van der Waals surface area contributed by atoms with Crippen LogP contribution in [0.15, 0.2) is 18.2 Å². The molecule has 15 heavy (non-hydrogen) atoms. The lowest BCUT2D eigenvalue weighted by atomic mass is 10.0. The van der Waals surface area contributed by atoms with Crippen molar-refractivity contribution in [3.63, 3.8) is 0 Å². The second kappa shape index (κ2) is 4.16. The molecule has 3 nitrogen and oxygen atoms in total. The van der Waals surface area contributed by atoms with Gasteiger partial charge in [0.15, 0.2) is 11.6 Å². The molecule has 82 valence electrons. The van der Waals surface area contributed by atoms with Gasteiger partial charge >= 0.3 is 0 Å². The zero-order chi connectivity index (χ0) is 10.8. The minimum atomic E-state index is -0.433. The van der Waals surface area contributed by atoms with Gasteiger partial charge < -0.3 is 15.2 Å². The molecular weight excluding hydrogens is 197 g/mol. The minimum Gasteiger partial charge on any atom is -0.494 e. The van der Waals surface area contributed by atoms with E-state index in [1.165, 1.54) is 13.2 Å². The molecule has 1 fully saturated rings. The molecule has 0 saturated carbocycles. The first-order chi connectivity index (χ1) is 7.22. The third-order valence-corrected chi connectivity index (χ3v) is 2.72. The van der Waals surface area contributed by atoms with Crippen LogP contribution in [0.2, 0.25) is 0 Å². The van der Waals surface area contributed by atoms with Gasteiger partial charge in [0.05, 0.1) is 19.3 Å². The van der Waals surface area contributed by atoms with Crippen molar-refractivity contribution < 1.29 is 14.2 Å². The van der Waals surface area contributed by atoms with Crippen LogP contribution in [0.3, 0.4) is 0 Å². The number of hydrogen-bond acceptors (Lipinski definition) is 3. The Morgan fingerprint density at radius 3 is 2.87 bits per heavy atom. The van der Waals surface area contributed by atoms with E-state index in [1.807, 2.05) is 0 Å². The second-order valence-electron chi connectivity index (χ2n) is 3.68. The van der Waals surface area contributed by atoms with Gasteiger partial charge in [-0.3, -0.25) is 0 Å². The molecule has 0 spiro atoms. The molecule has 2 rings (SSSR count). The highest BCUT2D eigenvalue weighted by atomic mass is 19.1. The number of benzene rings is 1.